The zero-order chi connectivity index (χ0) is 27.9. The molecule has 1 aliphatic rings. The summed E-state index contributed by atoms with van der Waals surface area (Å²) in [4.78, 5) is 30.6. The smallest absolute Gasteiger partial charge is 0.331 e. The molecule has 1 saturated heterocycles. The van der Waals surface area contributed by atoms with Crippen LogP contribution in [0.3, 0.4) is 0 Å². The molecule has 0 bridgehead atoms. The second-order valence-electron chi connectivity index (χ2n) is 9.68. The van der Waals surface area contributed by atoms with Crippen molar-refractivity contribution in [3.63, 3.8) is 0 Å². The molecule has 0 amide bonds. The number of benzene rings is 2. The topological polar surface area (TPSA) is 100 Å². The number of sulfonamides is 1. The van der Waals surface area contributed by atoms with E-state index in [4.69, 9.17) is 0 Å². The Bertz CT molecular complexity index is 1750. The number of nitrogens with one attached hydrogen (secondary N) is 1. The minimum absolute atomic E-state index is 0.137. The number of aromatic amines is 1. The fraction of sp³-hybridized carbons (Fsp3) is 0.333. The summed E-state index contributed by atoms with van der Waals surface area (Å²) in [5.74, 6) is -1.25. The molecule has 1 fully saturated rings. The summed E-state index contributed by atoms with van der Waals surface area (Å²) in [7, 11) is -2.14. The minimum Gasteiger partial charge on any atom is -0.349 e. The Balaban J connectivity index is 1.32. The van der Waals surface area contributed by atoms with Crippen LogP contribution in [0.15, 0.2) is 63.0 Å². The second kappa shape index (κ2) is 10.5. The van der Waals surface area contributed by atoms with Gasteiger partial charge in [0.25, 0.3) is 5.56 Å². The van der Waals surface area contributed by atoms with Crippen LogP contribution in [0.25, 0.3) is 22.3 Å². The van der Waals surface area contributed by atoms with Gasteiger partial charge in [-0.2, -0.15) is 4.31 Å². The van der Waals surface area contributed by atoms with Crippen LogP contribution < -0.4 is 11.2 Å². The third kappa shape index (κ3) is 5.07. The van der Waals surface area contributed by atoms with Crippen molar-refractivity contribution in [2.24, 2.45) is 7.05 Å². The molecule has 1 N–H and O–H groups in total. The Morgan fingerprint density at radius 3 is 2.28 bits per heavy atom. The molecule has 12 heteroatoms. The molecule has 39 heavy (non-hydrogen) atoms. The van der Waals surface area contributed by atoms with Gasteiger partial charge in [0, 0.05) is 63.6 Å². The van der Waals surface area contributed by atoms with Crippen molar-refractivity contribution in [3.05, 3.63) is 86.6 Å². The van der Waals surface area contributed by atoms with E-state index < -0.39 is 21.7 Å². The first-order valence-corrected chi connectivity index (χ1v) is 14.1. The first kappa shape index (κ1) is 27.0. The highest BCUT2D eigenvalue weighted by Crippen LogP contribution is 2.25. The van der Waals surface area contributed by atoms with Crippen molar-refractivity contribution in [1.82, 2.24) is 23.3 Å². The first-order chi connectivity index (χ1) is 18.6. The number of fused-ring (bicyclic) bond motifs is 1. The lowest BCUT2D eigenvalue weighted by Crippen LogP contribution is -2.48. The summed E-state index contributed by atoms with van der Waals surface area (Å²) in [6.45, 7) is 3.80. The molecule has 4 aromatic rings. The number of piperazine rings is 1. The molecule has 0 spiro atoms. The lowest BCUT2D eigenvalue weighted by Gasteiger charge is -2.34. The standard InChI is InChI=1S/C27H29F2N5O4S/c1-3-10-34-26(35)25-24(31(2)27(34)36)16-23(30-25)18-5-8-21(9-6-18)39(37,38)33-13-11-32(12-14-33)17-19-4-7-20(28)15-22(19)29/h4-9,15-16,30H,3,10-14,17H2,1-2H3. The fourth-order valence-corrected chi connectivity index (χ4v) is 6.35. The largest absolute Gasteiger partial charge is 0.349 e. The van der Waals surface area contributed by atoms with Crippen molar-refractivity contribution in [2.75, 3.05) is 26.2 Å². The average Bonchev–Trinajstić information content (AvgIpc) is 3.38. The minimum atomic E-state index is -3.75. The van der Waals surface area contributed by atoms with Crippen molar-refractivity contribution < 1.29 is 17.2 Å². The van der Waals surface area contributed by atoms with E-state index >= 15 is 0 Å². The van der Waals surface area contributed by atoms with Crippen molar-refractivity contribution in [1.29, 1.82) is 0 Å². The van der Waals surface area contributed by atoms with Gasteiger partial charge in [0.15, 0.2) is 0 Å². The fourth-order valence-electron chi connectivity index (χ4n) is 4.93. The number of hydrogen-bond donors (Lipinski definition) is 1. The molecule has 0 saturated carbocycles. The van der Waals surface area contributed by atoms with Crippen LogP contribution in [-0.4, -0.2) is 57.9 Å². The SMILES string of the molecule is CCCn1c(=O)c2[nH]c(-c3ccc(S(=O)(=O)N4CCN(Cc5ccc(F)cc5F)CC4)cc3)cc2n(C)c1=O. The van der Waals surface area contributed by atoms with E-state index in [1.54, 1.807) is 25.2 Å². The highest BCUT2D eigenvalue weighted by molar-refractivity contribution is 7.89. The molecule has 0 aliphatic carbocycles. The second-order valence-corrected chi connectivity index (χ2v) is 11.6. The molecule has 0 atom stereocenters. The summed E-state index contributed by atoms with van der Waals surface area (Å²) in [5.41, 5.74) is 1.65. The molecule has 2 aromatic carbocycles. The van der Waals surface area contributed by atoms with Gasteiger partial charge in [0.2, 0.25) is 10.0 Å². The van der Waals surface area contributed by atoms with Crippen LogP contribution in [0.2, 0.25) is 0 Å². The quantitative estimate of drug-likeness (QED) is 0.377. The normalized spacial score (nSPS) is 15.3. The average molecular weight is 558 g/mol. The van der Waals surface area contributed by atoms with Crippen molar-refractivity contribution in [2.45, 2.75) is 31.3 Å². The van der Waals surface area contributed by atoms with E-state index in [1.807, 2.05) is 11.8 Å². The highest BCUT2D eigenvalue weighted by Gasteiger charge is 2.29. The summed E-state index contributed by atoms with van der Waals surface area (Å²) < 4.78 is 57.8. The molecule has 0 unspecified atom stereocenters. The number of H-pyrrole nitrogens is 1. The molecule has 9 nitrogen and oxygen atoms in total. The molecular formula is C27H29F2N5O4S. The first-order valence-electron chi connectivity index (χ1n) is 12.7. The van der Waals surface area contributed by atoms with Crippen LogP contribution in [-0.2, 0) is 30.2 Å². The van der Waals surface area contributed by atoms with Gasteiger partial charge < -0.3 is 4.98 Å². The van der Waals surface area contributed by atoms with Gasteiger partial charge in [-0.25, -0.2) is 22.0 Å². The van der Waals surface area contributed by atoms with Gasteiger partial charge in [0.1, 0.15) is 17.2 Å². The highest BCUT2D eigenvalue weighted by atomic mass is 32.2. The van der Waals surface area contributed by atoms with Crippen molar-refractivity contribution >= 4 is 21.1 Å². The van der Waals surface area contributed by atoms with Gasteiger partial charge in [0.05, 0.1) is 10.4 Å². The number of aryl methyl sites for hydroxylation is 1. The molecule has 206 valence electrons. The van der Waals surface area contributed by atoms with Gasteiger partial charge in [-0.3, -0.25) is 18.8 Å². The van der Waals surface area contributed by atoms with E-state index in [-0.39, 0.29) is 35.8 Å². The van der Waals surface area contributed by atoms with Crippen LogP contribution in [0.1, 0.15) is 18.9 Å². The van der Waals surface area contributed by atoms with E-state index in [9.17, 15) is 26.8 Å². The predicted molar refractivity (Wildman–Crippen MR) is 144 cm³/mol. The van der Waals surface area contributed by atoms with Gasteiger partial charge >= 0.3 is 5.69 Å². The summed E-state index contributed by atoms with van der Waals surface area (Å²) in [6.07, 6.45) is 0.645. The lowest BCUT2D eigenvalue weighted by atomic mass is 10.1. The predicted octanol–water partition coefficient (Wildman–Crippen LogP) is 2.89. The van der Waals surface area contributed by atoms with Crippen molar-refractivity contribution in [3.8, 4) is 11.3 Å². The molecule has 1 aliphatic heterocycles. The third-order valence-electron chi connectivity index (χ3n) is 7.13. The van der Waals surface area contributed by atoms with E-state index in [0.717, 1.165) is 6.07 Å². The van der Waals surface area contributed by atoms with E-state index in [2.05, 4.69) is 4.98 Å². The number of rotatable bonds is 7. The third-order valence-corrected chi connectivity index (χ3v) is 9.04. The summed E-state index contributed by atoms with van der Waals surface area (Å²) >= 11 is 0. The molecule has 3 heterocycles. The number of nitrogens with zero attached hydrogens (tertiary/aromatic N) is 4. The van der Waals surface area contributed by atoms with Crippen LogP contribution in [0.4, 0.5) is 8.78 Å². The van der Waals surface area contributed by atoms with Gasteiger partial charge in [-0.05, 0) is 36.2 Å². The van der Waals surface area contributed by atoms with E-state index in [0.29, 0.717) is 53.9 Å². The maximum absolute atomic E-state index is 14.0. The molecular weight excluding hydrogens is 528 g/mol. The van der Waals surface area contributed by atoms with Crippen LogP contribution in [0, 0.1) is 11.6 Å². The van der Waals surface area contributed by atoms with Crippen LogP contribution in [0.5, 0.6) is 0 Å². The number of hydrogen-bond acceptors (Lipinski definition) is 5. The Morgan fingerprint density at radius 1 is 0.949 bits per heavy atom. The Kier molecular flexibility index (Phi) is 7.27. The van der Waals surface area contributed by atoms with Gasteiger partial charge in [-0.15, -0.1) is 0 Å². The maximum atomic E-state index is 14.0. The van der Waals surface area contributed by atoms with Crippen LogP contribution >= 0.6 is 0 Å². The Hall–Kier alpha value is -3.61. The summed E-state index contributed by atoms with van der Waals surface area (Å²) in [5, 5.41) is 0. The lowest BCUT2D eigenvalue weighted by molar-refractivity contribution is 0.180. The number of halogens is 2. The summed E-state index contributed by atoms with van der Waals surface area (Å²) in [6, 6.07) is 11.5. The Morgan fingerprint density at radius 2 is 1.64 bits per heavy atom. The van der Waals surface area contributed by atoms with E-state index in [1.165, 1.54) is 37.7 Å². The maximum Gasteiger partial charge on any atom is 0.331 e. The zero-order valence-electron chi connectivity index (χ0n) is 21.7. The monoisotopic (exact) mass is 557 g/mol. The van der Waals surface area contributed by atoms with Gasteiger partial charge in [-0.1, -0.05) is 25.1 Å². The molecule has 2 aromatic heterocycles. The zero-order valence-corrected chi connectivity index (χ0v) is 22.5. The Labute approximate surface area is 224 Å². The number of aromatic nitrogens is 3. The molecule has 0 radical (unpaired) electrons. The molecule has 5 rings (SSSR count).